The Hall–Kier alpha value is -2.30. The lowest BCUT2D eigenvalue weighted by atomic mass is 9.95. The number of benzene rings is 1. The van der Waals surface area contributed by atoms with Gasteiger partial charge in [-0.1, -0.05) is 18.9 Å². The zero-order valence-electron chi connectivity index (χ0n) is 16.6. The van der Waals surface area contributed by atoms with E-state index in [9.17, 15) is 9.59 Å². The molecule has 3 aliphatic rings. The first-order valence-electron chi connectivity index (χ1n) is 10.7. The van der Waals surface area contributed by atoms with Gasteiger partial charge in [0.1, 0.15) is 5.75 Å². The summed E-state index contributed by atoms with van der Waals surface area (Å²) in [6.07, 6.45) is 10.8. The first kappa shape index (κ1) is 19.0. The fraction of sp³-hybridized carbons (Fsp3) is 0.565. The van der Waals surface area contributed by atoms with Crippen molar-refractivity contribution in [2.45, 2.75) is 44.9 Å². The third-order valence-electron chi connectivity index (χ3n) is 6.21. The summed E-state index contributed by atoms with van der Waals surface area (Å²) in [5.41, 5.74) is 2.24. The topological polar surface area (TPSA) is 49.9 Å². The van der Waals surface area contributed by atoms with E-state index in [1.807, 2.05) is 23.1 Å². The highest BCUT2D eigenvalue weighted by Crippen LogP contribution is 2.26. The number of likely N-dealkylation sites (tertiary alicyclic amines) is 2. The molecule has 0 N–H and O–H groups in total. The Bertz CT molecular complexity index is 742. The van der Waals surface area contributed by atoms with E-state index < -0.39 is 0 Å². The third kappa shape index (κ3) is 4.40. The molecule has 0 spiro atoms. The molecular formula is C23H30N2O3. The molecule has 28 heavy (non-hydrogen) atoms. The molecule has 0 saturated carbocycles. The molecule has 0 atom stereocenters. The van der Waals surface area contributed by atoms with E-state index in [0.29, 0.717) is 19.0 Å². The number of piperidine rings is 1. The average Bonchev–Trinajstić information content (AvgIpc) is 3.03. The van der Waals surface area contributed by atoms with Crippen molar-refractivity contribution in [1.82, 2.24) is 9.80 Å². The van der Waals surface area contributed by atoms with Gasteiger partial charge in [0.2, 0.25) is 11.8 Å². The van der Waals surface area contributed by atoms with Gasteiger partial charge in [0.25, 0.3) is 0 Å². The summed E-state index contributed by atoms with van der Waals surface area (Å²) in [5.74, 6) is 1.39. The Morgan fingerprint density at radius 1 is 0.964 bits per heavy atom. The van der Waals surface area contributed by atoms with Gasteiger partial charge in [0.05, 0.1) is 6.61 Å². The Morgan fingerprint density at radius 2 is 1.71 bits per heavy atom. The number of nitrogens with zero attached hydrogens (tertiary/aromatic N) is 2. The molecule has 5 heteroatoms. The molecule has 1 aromatic rings. The SMILES string of the molecule is O=C(/C=C/c1ccc2c(c1)CCO2)N1CCC(C(=O)N2CCCCCC2)CC1. The van der Waals surface area contributed by atoms with Gasteiger partial charge in [-0.15, -0.1) is 0 Å². The maximum Gasteiger partial charge on any atom is 0.246 e. The largest absolute Gasteiger partial charge is 0.493 e. The molecule has 0 radical (unpaired) electrons. The smallest absolute Gasteiger partial charge is 0.246 e. The van der Waals surface area contributed by atoms with Crippen molar-refractivity contribution in [3.05, 3.63) is 35.4 Å². The van der Waals surface area contributed by atoms with E-state index in [1.54, 1.807) is 6.08 Å². The highest BCUT2D eigenvalue weighted by atomic mass is 16.5. The van der Waals surface area contributed by atoms with Crippen molar-refractivity contribution < 1.29 is 14.3 Å². The van der Waals surface area contributed by atoms with E-state index in [4.69, 9.17) is 4.74 Å². The molecule has 5 nitrogen and oxygen atoms in total. The monoisotopic (exact) mass is 382 g/mol. The highest BCUT2D eigenvalue weighted by Gasteiger charge is 2.29. The fourth-order valence-electron chi connectivity index (χ4n) is 4.48. The van der Waals surface area contributed by atoms with E-state index in [1.165, 1.54) is 18.4 Å². The van der Waals surface area contributed by atoms with Crippen molar-refractivity contribution >= 4 is 17.9 Å². The van der Waals surface area contributed by atoms with Crippen molar-refractivity contribution in [3.8, 4) is 5.75 Å². The molecular weight excluding hydrogens is 352 g/mol. The van der Waals surface area contributed by atoms with E-state index in [2.05, 4.69) is 11.0 Å². The van der Waals surface area contributed by atoms with Crippen LogP contribution in [0.5, 0.6) is 5.75 Å². The van der Waals surface area contributed by atoms with E-state index in [0.717, 1.165) is 63.1 Å². The van der Waals surface area contributed by atoms with Crippen molar-refractivity contribution in [2.24, 2.45) is 5.92 Å². The number of fused-ring (bicyclic) bond motifs is 1. The predicted octanol–water partition coefficient (Wildman–Crippen LogP) is 3.28. The summed E-state index contributed by atoms with van der Waals surface area (Å²) in [4.78, 5) is 29.3. The zero-order valence-corrected chi connectivity index (χ0v) is 16.6. The summed E-state index contributed by atoms with van der Waals surface area (Å²) in [7, 11) is 0. The molecule has 150 valence electrons. The first-order valence-corrected chi connectivity index (χ1v) is 10.7. The molecule has 3 heterocycles. The number of ether oxygens (including phenoxy) is 1. The fourth-order valence-corrected chi connectivity index (χ4v) is 4.48. The van der Waals surface area contributed by atoms with Crippen LogP contribution in [0.15, 0.2) is 24.3 Å². The lowest BCUT2D eigenvalue weighted by molar-refractivity contribution is -0.139. The average molecular weight is 383 g/mol. The maximum absolute atomic E-state index is 12.8. The first-order chi connectivity index (χ1) is 13.7. The van der Waals surface area contributed by atoms with Crippen LogP contribution in [0.1, 0.15) is 49.7 Å². The second-order valence-electron chi connectivity index (χ2n) is 8.14. The van der Waals surface area contributed by atoms with Crippen LogP contribution in [0.4, 0.5) is 0 Å². The van der Waals surface area contributed by atoms with Crippen LogP contribution in [0.3, 0.4) is 0 Å². The zero-order chi connectivity index (χ0) is 19.3. The van der Waals surface area contributed by atoms with E-state index in [-0.39, 0.29) is 11.8 Å². The van der Waals surface area contributed by atoms with Crippen molar-refractivity contribution in [2.75, 3.05) is 32.8 Å². The highest BCUT2D eigenvalue weighted by molar-refractivity contribution is 5.92. The van der Waals surface area contributed by atoms with Gasteiger partial charge >= 0.3 is 0 Å². The van der Waals surface area contributed by atoms with Gasteiger partial charge in [-0.3, -0.25) is 9.59 Å². The van der Waals surface area contributed by atoms with Crippen molar-refractivity contribution in [3.63, 3.8) is 0 Å². The number of hydrogen-bond acceptors (Lipinski definition) is 3. The Labute approximate surface area is 167 Å². The molecule has 0 aromatic heterocycles. The van der Waals surface area contributed by atoms with Crippen LogP contribution < -0.4 is 4.74 Å². The summed E-state index contributed by atoms with van der Waals surface area (Å²) >= 11 is 0. The quantitative estimate of drug-likeness (QED) is 0.754. The second-order valence-corrected chi connectivity index (χ2v) is 8.14. The van der Waals surface area contributed by atoms with Gasteiger partial charge in [0.15, 0.2) is 0 Å². The van der Waals surface area contributed by atoms with Gasteiger partial charge in [-0.25, -0.2) is 0 Å². The summed E-state index contributed by atoms with van der Waals surface area (Å²) < 4.78 is 5.52. The van der Waals surface area contributed by atoms with Gasteiger partial charge in [-0.05, 0) is 55.0 Å². The minimum Gasteiger partial charge on any atom is -0.493 e. The molecule has 2 amide bonds. The second kappa shape index (κ2) is 8.80. The Morgan fingerprint density at radius 3 is 2.46 bits per heavy atom. The van der Waals surface area contributed by atoms with Crippen LogP contribution in [0, 0.1) is 5.92 Å². The number of carbonyl (C=O) groups is 2. The summed E-state index contributed by atoms with van der Waals surface area (Å²) in [5, 5.41) is 0. The van der Waals surface area contributed by atoms with Crippen LogP contribution in [-0.4, -0.2) is 54.4 Å². The van der Waals surface area contributed by atoms with Crippen LogP contribution in [0.25, 0.3) is 6.08 Å². The number of amides is 2. The molecule has 2 saturated heterocycles. The molecule has 1 aromatic carbocycles. The number of carbonyl (C=O) groups excluding carboxylic acids is 2. The molecule has 0 bridgehead atoms. The van der Waals surface area contributed by atoms with Crippen LogP contribution >= 0.6 is 0 Å². The molecule has 4 rings (SSSR count). The van der Waals surface area contributed by atoms with Gasteiger partial charge in [0, 0.05) is 44.6 Å². The summed E-state index contributed by atoms with van der Waals surface area (Å²) in [6, 6.07) is 6.06. The molecule has 2 fully saturated rings. The predicted molar refractivity (Wildman–Crippen MR) is 109 cm³/mol. The van der Waals surface area contributed by atoms with E-state index >= 15 is 0 Å². The lowest BCUT2D eigenvalue weighted by Crippen LogP contribution is -2.44. The lowest BCUT2D eigenvalue weighted by Gasteiger charge is -2.33. The van der Waals surface area contributed by atoms with Gasteiger partial charge < -0.3 is 14.5 Å². The Balaban J connectivity index is 1.28. The Kier molecular flexibility index (Phi) is 5.98. The number of hydrogen-bond donors (Lipinski definition) is 0. The van der Waals surface area contributed by atoms with Crippen LogP contribution in [0.2, 0.25) is 0 Å². The normalized spacial score (nSPS) is 20.7. The minimum atomic E-state index is 0.0393. The number of rotatable bonds is 3. The summed E-state index contributed by atoms with van der Waals surface area (Å²) in [6.45, 7) is 3.91. The standard InChI is InChI=1S/C23H30N2O3/c26-22(8-6-18-5-7-21-20(17-18)11-16-28-21)24-14-9-19(10-15-24)23(27)25-12-3-1-2-4-13-25/h5-8,17,19H,1-4,9-16H2/b8-6+. The molecule has 0 unspecified atom stereocenters. The van der Waals surface area contributed by atoms with Crippen LogP contribution in [-0.2, 0) is 16.0 Å². The molecule has 0 aliphatic carbocycles. The van der Waals surface area contributed by atoms with Crippen molar-refractivity contribution in [1.29, 1.82) is 0 Å². The van der Waals surface area contributed by atoms with Gasteiger partial charge in [-0.2, -0.15) is 0 Å². The minimum absolute atomic E-state index is 0.0393. The third-order valence-corrected chi connectivity index (χ3v) is 6.21. The maximum atomic E-state index is 12.8. The molecule has 3 aliphatic heterocycles.